The molecule has 0 atom stereocenters. The summed E-state index contributed by atoms with van der Waals surface area (Å²) in [5.41, 5.74) is 1.34. The molecule has 0 amide bonds. The SMILES string of the molecule is O=Cc1ccc2c(ccc3ccccc32)n1. The van der Waals surface area contributed by atoms with Crippen LogP contribution in [0.3, 0.4) is 0 Å². The van der Waals surface area contributed by atoms with Crippen molar-refractivity contribution in [2.75, 3.05) is 0 Å². The summed E-state index contributed by atoms with van der Waals surface area (Å²) in [6, 6.07) is 15.8. The van der Waals surface area contributed by atoms with Gasteiger partial charge in [-0.3, -0.25) is 4.79 Å². The Morgan fingerprint density at radius 2 is 1.75 bits per heavy atom. The number of aldehydes is 1. The first-order chi connectivity index (χ1) is 7.88. The molecule has 16 heavy (non-hydrogen) atoms. The summed E-state index contributed by atoms with van der Waals surface area (Å²) in [7, 11) is 0. The van der Waals surface area contributed by atoms with Gasteiger partial charge in [-0.05, 0) is 29.0 Å². The maximum absolute atomic E-state index is 10.7. The molecule has 1 heterocycles. The highest BCUT2D eigenvalue weighted by Crippen LogP contribution is 2.23. The number of carbonyl (C=O) groups excluding carboxylic acids is 1. The van der Waals surface area contributed by atoms with Crippen molar-refractivity contribution in [3.8, 4) is 0 Å². The van der Waals surface area contributed by atoms with Gasteiger partial charge in [-0.1, -0.05) is 30.3 Å². The number of hydrogen-bond donors (Lipinski definition) is 0. The molecule has 0 aliphatic rings. The second-order valence-corrected chi connectivity index (χ2v) is 3.71. The number of hydrogen-bond acceptors (Lipinski definition) is 2. The summed E-state index contributed by atoms with van der Waals surface area (Å²) in [5, 5.41) is 3.45. The lowest BCUT2D eigenvalue weighted by atomic mass is 10.1. The molecule has 0 bridgehead atoms. The molecular formula is C14H9NO. The first kappa shape index (κ1) is 9.04. The zero-order valence-electron chi connectivity index (χ0n) is 8.55. The quantitative estimate of drug-likeness (QED) is 0.453. The summed E-state index contributed by atoms with van der Waals surface area (Å²) >= 11 is 0. The maximum atomic E-state index is 10.7. The second kappa shape index (κ2) is 3.42. The first-order valence-corrected chi connectivity index (χ1v) is 5.12. The molecule has 2 nitrogen and oxygen atoms in total. The van der Waals surface area contributed by atoms with Crippen molar-refractivity contribution in [3.63, 3.8) is 0 Å². The third-order valence-electron chi connectivity index (χ3n) is 2.74. The van der Waals surface area contributed by atoms with Crippen LogP contribution in [-0.4, -0.2) is 11.3 Å². The van der Waals surface area contributed by atoms with E-state index in [1.807, 2.05) is 30.3 Å². The normalized spacial score (nSPS) is 10.8. The highest BCUT2D eigenvalue weighted by Gasteiger charge is 2.01. The minimum atomic E-state index is 0.475. The average Bonchev–Trinajstić information content (AvgIpc) is 2.38. The predicted molar refractivity (Wildman–Crippen MR) is 64.6 cm³/mol. The Balaban J connectivity index is 2.47. The van der Waals surface area contributed by atoms with Crippen LogP contribution in [0.4, 0.5) is 0 Å². The molecule has 0 saturated heterocycles. The molecule has 0 radical (unpaired) electrons. The van der Waals surface area contributed by atoms with Crippen LogP contribution >= 0.6 is 0 Å². The molecule has 1 aromatic heterocycles. The van der Waals surface area contributed by atoms with Gasteiger partial charge in [0.25, 0.3) is 0 Å². The first-order valence-electron chi connectivity index (χ1n) is 5.12. The fraction of sp³-hybridized carbons (Fsp3) is 0. The zero-order chi connectivity index (χ0) is 11.0. The Morgan fingerprint density at radius 1 is 0.875 bits per heavy atom. The highest BCUT2D eigenvalue weighted by atomic mass is 16.1. The van der Waals surface area contributed by atoms with Gasteiger partial charge in [-0.2, -0.15) is 0 Å². The highest BCUT2D eigenvalue weighted by molar-refractivity contribution is 6.06. The van der Waals surface area contributed by atoms with Crippen LogP contribution in [0.25, 0.3) is 21.7 Å². The molecule has 0 aliphatic carbocycles. The number of carbonyl (C=O) groups is 1. The van der Waals surface area contributed by atoms with Crippen molar-refractivity contribution in [3.05, 3.63) is 54.2 Å². The van der Waals surface area contributed by atoms with E-state index in [4.69, 9.17) is 0 Å². The molecule has 76 valence electrons. The molecule has 3 rings (SSSR count). The van der Waals surface area contributed by atoms with E-state index in [1.54, 1.807) is 6.07 Å². The van der Waals surface area contributed by atoms with Gasteiger partial charge in [0.1, 0.15) is 5.69 Å². The van der Waals surface area contributed by atoms with Crippen molar-refractivity contribution < 1.29 is 4.79 Å². The minimum Gasteiger partial charge on any atom is -0.296 e. The molecule has 0 aliphatic heterocycles. The van der Waals surface area contributed by atoms with Crippen LogP contribution in [0.2, 0.25) is 0 Å². The van der Waals surface area contributed by atoms with E-state index in [9.17, 15) is 4.79 Å². The van der Waals surface area contributed by atoms with E-state index in [0.717, 1.165) is 17.2 Å². The average molecular weight is 207 g/mol. The van der Waals surface area contributed by atoms with Crippen molar-refractivity contribution in [1.82, 2.24) is 4.98 Å². The van der Waals surface area contributed by atoms with Crippen LogP contribution in [0.1, 0.15) is 10.5 Å². The van der Waals surface area contributed by atoms with Gasteiger partial charge < -0.3 is 0 Å². The van der Waals surface area contributed by atoms with Crippen LogP contribution in [0.5, 0.6) is 0 Å². The van der Waals surface area contributed by atoms with E-state index in [2.05, 4.69) is 17.1 Å². The topological polar surface area (TPSA) is 30.0 Å². The molecule has 0 fully saturated rings. The fourth-order valence-electron chi connectivity index (χ4n) is 1.97. The number of fused-ring (bicyclic) bond motifs is 3. The molecule has 0 spiro atoms. The summed E-state index contributed by atoms with van der Waals surface area (Å²) in [6.45, 7) is 0. The van der Waals surface area contributed by atoms with Crippen LogP contribution < -0.4 is 0 Å². The number of nitrogens with zero attached hydrogens (tertiary/aromatic N) is 1. The predicted octanol–water partition coefficient (Wildman–Crippen LogP) is 3.20. The third kappa shape index (κ3) is 1.27. The van der Waals surface area contributed by atoms with Crippen molar-refractivity contribution in [1.29, 1.82) is 0 Å². The van der Waals surface area contributed by atoms with Crippen molar-refractivity contribution >= 4 is 28.0 Å². The lowest BCUT2D eigenvalue weighted by Gasteiger charge is -2.03. The van der Waals surface area contributed by atoms with Gasteiger partial charge in [0.15, 0.2) is 6.29 Å². The minimum absolute atomic E-state index is 0.475. The number of aromatic nitrogens is 1. The van der Waals surface area contributed by atoms with Crippen LogP contribution in [-0.2, 0) is 0 Å². The summed E-state index contributed by atoms with van der Waals surface area (Å²) in [5.74, 6) is 0. The van der Waals surface area contributed by atoms with Crippen LogP contribution in [0.15, 0.2) is 48.5 Å². The van der Waals surface area contributed by atoms with E-state index in [0.29, 0.717) is 5.69 Å². The Kier molecular flexibility index (Phi) is 1.93. The number of rotatable bonds is 1. The third-order valence-corrected chi connectivity index (χ3v) is 2.74. The Hall–Kier alpha value is -2.22. The van der Waals surface area contributed by atoms with Crippen molar-refractivity contribution in [2.24, 2.45) is 0 Å². The van der Waals surface area contributed by atoms with E-state index < -0.39 is 0 Å². The van der Waals surface area contributed by atoms with Crippen molar-refractivity contribution in [2.45, 2.75) is 0 Å². The van der Waals surface area contributed by atoms with Gasteiger partial charge in [0.05, 0.1) is 5.52 Å². The molecule has 2 heteroatoms. The lowest BCUT2D eigenvalue weighted by Crippen LogP contribution is -1.87. The van der Waals surface area contributed by atoms with E-state index >= 15 is 0 Å². The van der Waals surface area contributed by atoms with E-state index in [-0.39, 0.29) is 0 Å². The Labute approximate surface area is 92.5 Å². The van der Waals surface area contributed by atoms with Gasteiger partial charge in [0.2, 0.25) is 0 Å². The largest absolute Gasteiger partial charge is 0.296 e. The Bertz CT molecular complexity index is 688. The Morgan fingerprint density at radius 3 is 2.62 bits per heavy atom. The van der Waals surface area contributed by atoms with Gasteiger partial charge in [-0.25, -0.2) is 4.98 Å². The number of pyridine rings is 1. The van der Waals surface area contributed by atoms with Gasteiger partial charge in [-0.15, -0.1) is 0 Å². The standard InChI is InChI=1S/C14H9NO/c16-9-11-6-7-13-12-4-2-1-3-10(12)5-8-14(13)15-11/h1-9H. The molecule has 0 N–H and O–H groups in total. The molecule has 0 saturated carbocycles. The summed E-state index contributed by atoms with van der Waals surface area (Å²) in [6.07, 6.45) is 0.772. The lowest BCUT2D eigenvalue weighted by molar-refractivity contribution is 0.111. The maximum Gasteiger partial charge on any atom is 0.168 e. The van der Waals surface area contributed by atoms with E-state index in [1.165, 1.54) is 10.8 Å². The van der Waals surface area contributed by atoms with Gasteiger partial charge in [0, 0.05) is 5.39 Å². The second-order valence-electron chi connectivity index (χ2n) is 3.71. The smallest absolute Gasteiger partial charge is 0.168 e. The fourth-order valence-corrected chi connectivity index (χ4v) is 1.97. The number of benzene rings is 2. The zero-order valence-corrected chi connectivity index (χ0v) is 8.55. The molecule has 0 unspecified atom stereocenters. The summed E-state index contributed by atoms with van der Waals surface area (Å²) in [4.78, 5) is 14.9. The molecule has 3 aromatic rings. The van der Waals surface area contributed by atoms with Crippen LogP contribution in [0, 0.1) is 0 Å². The monoisotopic (exact) mass is 207 g/mol. The molecular weight excluding hydrogens is 198 g/mol. The van der Waals surface area contributed by atoms with Gasteiger partial charge >= 0.3 is 0 Å². The molecule has 2 aromatic carbocycles. The summed E-state index contributed by atoms with van der Waals surface area (Å²) < 4.78 is 0.